The van der Waals surface area contributed by atoms with Crippen molar-refractivity contribution in [3.63, 3.8) is 0 Å². The average Bonchev–Trinajstić information content (AvgIpc) is 2.63. The lowest BCUT2D eigenvalue weighted by atomic mass is 9.49. The van der Waals surface area contributed by atoms with E-state index in [0.29, 0.717) is 6.42 Å². The van der Waals surface area contributed by atoms with E-state index in [0.717, 1.165) is 43.6 Å². The highest BCUT2D eigenvalue weighted by molar-refractivity contribution is 5.84. The molecule has 1 N–H and O–H groups in total. The van der Waals surface area contributed by atoms with Gasteiger partial charge in [-0.1, -0.05) is 0 Å². The van der Waals surface area contributed by atoms with Crippen LogP contribution in [0.1, 0.15) is 71.1 Å². The Labute approximate surface area is 167 Å². The van der Waals surface area contributed by atoms with Crippen LogP contribution in [-0.2, 0) is 19.1 Å². The number of ether oxygens (including phenoxy) is 1. The number of carbonyl (C=O) groups is 3. The molecule has 1 atom stereocenters. The molecule has 5 rings (SSSR count). The Kier molecular flexibility index (Phi) is 5.66. The summed E-state index contributed by atoms with van der Waals surface area (Å²) in [7, 11) is 0. The first kappa shape index (κ1) is 19.7. The fourth-order valence-corrected chi connectivity index (χ4v) is 6.83. The minimum atomic E-state index is -0.531. The molecule has 4 aliphatic carbocycles. The van der Waals surface area contributed by atoms with E-state index >= 15 is 0 Å². The van der Waals surface area contributed by atoms with Crippen LogP contribution in [0.4, 0.5) is 0 Å². The van der Waals surface area contributed by atoms with Gasteiger partial charge >= 0.3 is 5.97 Å². The molecule has 1 aliphatic heterocycles. The number of likely N-dealkylation sites (tertiary alicyclic amines) is 1. The third-order valence-corrected chi connectivity index (χ3v) is 7.61. The van der Waals surface area contributed by atoms with Crippen molar-refractivity contribution in [1.29, 1.82) is 0 Å². The lowest BCUT2D eigenvalue weighted by molar-refractivity contribution is -0.153. The topological polar surface area (TPSA) is 75.7 Å². The average molecular weight is 391 g/mol. The quantitative estimate of drug-likeness (QED) is 0.708. The summed E-state index contributed by atoms with van der Waals surface area (Å²) >= 11 is 0. The van der Waals surface area contributed by atoms with Crippen molar-refractivity contribution in [3.8, 4) is 0 Å². The fourth-order valence-electron chi connectivity index (χ4n) is 6.83. The first-order valence-electron chi connectivity index (χ1n) is 11.1. The van der Waals surface area contributed by atoms with Gasteiger partial charge in [0.15, 0.2) is 6.61 Å². The van der Waals surface area contributed by atoms with Gasteiger partial charge in [0.2, 0.25) is 5.91 Å². The van der Waals surface area contributed by atoms with Gasteiger partial charge in [0, 0.05) is 19.0 Å². The van der Waals surface area contributed by atoms with E-state index in [1.165, 1.54) is 38.5 Å². The van der Waals surface area contributed by atoms with Crippen molar-refractivity contribution in [3.05, 3.63) is 0 Å². The Bertz CT molecular complexity index is 597. The second kappa shape index (κ2) is 8.03. The highest BCUT2D eigenvalue weighted by Crippen LogP contribution is 2.61. The molecule has 0 unspecified atom stereocenters. The predicted octanol–water partition coefficient (Wildman–Crippen LogP) is 2.65. The summed E-state index contributed by atoms with van der Waals surface area (Å²) in [5, 5.41) is 2.73. The highest BCUT2D eigenvalue weighted by Gasteiger charge is 2.51. The normalized spacial score (nSPS) is 36.2. The number of amides is 2. The number of piperidine rings is 1. The summed E-state index contributed by atoms with van der Waals surface area (Å²) in [5.41, 5.74) is 0.170. The van der Waals surface area contributed by atoms with Crippen LogP contribution in [-0.4, -0.2) is 48.4 Å². The molecule has 1 saturated heterocycles. The number of hydrogen-bond donors (Lipinski definition) is 1. The number of nitrogens with zero attached hydrogens (tertiary/aromatic N) is 1. The van der Waals surface area contributed by atoms with Gasteiger partial charge in [-0.15, -0.1) is 0 Å². The molecule has 0 aromatic rings. The molecule has 1 heterocycles. The molecule has 156 valence electrons. The molecule has 4 saturated carbocycles. The van der Waals surface area contributed by atoms with Crippen LogP contribution in [0.2, 0.25) is 0 Å². The van der Waals surface area contributed by atoms with E-state index in [-0.39, 0.29) is 36.4 Å². The van der Waals surface area contributed by atoms with Gasteiger partial charge in [0.25, 0.3) is 5.91 Å². The Morgan fingerprint density at radius 2 is 1.68 bits per heavy atom. The SMILES string of the molecule is C[C@H]1CCCCN1C(=O)COC(=O)CNC(=O)CC12CC3CC(CC(C3)C1)C2. The minimum Gasteiger partial charge on any atom is -0.454 e. The summed E-state index contributed by atoms with van der Waals surface area (Å²) in [6.45, 7) is 2.39. The molecule has 28 heavy (non-hydrogen) atoms. The smallest absolute Gasteiger partial charge is 0.325 e. The van der Waals surface area contributed by atoms with Crippen LogP contribution in [0.25, 0.3) is 0 Å². The summed E-state index contributed by atoms with van der Waals surface area (Å²) < 4.78 is 5.10. The zero-order valence-electron chi connectivity index (χ0n) is 17.1. The third-order valence-electron chi connectivity index (χ3n) is 7.61. The Morgan fingerprint density at radius 1 is 1.04 bits per heavy atom. The van der Waals surface area contributed by atoms with Crippen molar-refractivity contribution < 1.29 is 19.1 Å². The maximum atomic E-state index is 12.5. The second-order valence-corrected chi connectivity index (χ2v) is 9.96. The molecule has 0 spiro atoms. The maximum absolute atomic E-state index is 12.5. The number of rotatable bonds is 6. The molecular weight excluding hydrogens is 356 g/mol. The van der Waals surface area contributed by atoms with E-state index < -0.39 is 5.97 Å². The van der Waals surface area contributed by atoms with Crippen molar-refractivity contribution in [2.45, 2.75) is 77.2 Å². The van der Waals surface area contributed by atoms with Crippen LogP contribution in [0.5, 0.6) is 0 Å². The third kappa shape index (κ3) is 4.36. The number of nitrogens with one attached hydrogen (secondary N) is 1. The lowest BCUT2D eigenvalue weighted by Gasteiger charge is -2.56. The summed E-state index contributed by atoms with van der Waals surface area (Å²) in [6, 6.07) is 0.208. The summed E-state index contributed by atoms with van der Waals surface area (Å²) in [6.07, 6.45) is 11.3. The zero-order chi connectivity index (χ0) is 19.7. The fraction of sp³-hybridized carbons (Fsp3) is 0.864. The first-order valence-corrected chi connectivity index (χ1v) is 11.1. The van der Waals surface area contributed by atoms with Crippen molar-refractivity contribution in [2.75, 3.05) is 19.7 Å². The van der Waals surface area contributed by atoms with Gasteiger partial charge in [0.05, 0.1) is 0 Å². The number of carbonyl (C=O) groups excluding carboxylic acids is 3. The summed E-state index contributed by atoms with van der Waals surface area (Å²) in [5.74, 6) is 1.72. The van der Waals surface area contributed by atoms with Gasteiger partial charge in [-0.25, -0.2) is 0 Å². The zero-order valence-corrected chi connectivity index (χ0v) is 17.1. The Balaban J connectivity index is 1.18. The molecule has 2 amide bonds. The molecule has 4 bridgehead atoms. The molecular formula is C22H34N2O4. The molecule has 5 fully saturated rings. The Hall–Kier alpha value is -1.59. The monoisotopic (exact) mass is 390 g/mol. The predicted molar refractivity (Wildman–Crippen MR) is 104 cm³/mol. The number of esters is 1. The van der Waals surface area contributed by atoms with Crippen LogP contribution >= 0.6 is 0 Å². The maximum Gasteiger partial charge on any atom is 0.325 e. The van der Waals surface area contributed by atoms with Gasteiger partial charge < -0.3 is 15.0 Å². The van der Waals surface area contributed by atoms with Gasteiger partial charge in [-0.3, -0.25) is 14.4 Å². The highest BCUT2D eigenvalue weighted by atomic mass is 16.5. The molecule has 0 radical (unpaired) electrons. The molecule has 0 aromatic heterocycles. The molecule has 6 heteroatoms. The van der Waals surface area contributed by atoms with Gasteiger partial charge in [0.1, 0.15) is 6.54 Å². The lowest BCUT2D eigenvalue weighted by Crippen LogP contribution is -2.48. The van der Waals surface area contributed by atoms with E-state index in [2.05, 4.69) is 5.32 Å². The Morgan fingerprint density at radius 3 is 2.29 bits per heavy atom. The van der Waals surface area contributed by atoms with Crippen LogP contribution in [0.15, 0.2) is 0 Å². The van der Waals surface area contributed by atoms with E-state index in [1.807, 2.05) is 6.92 Å². The molecule has 6 nitrogen and oxygen atoms in total. The second-order valence-electron chi connectivity index (χ2n) is 9.96. The first-order chi connectivity index (χ1) is 13.4. The standard InChI is InChI=1S/C22H34N2O4/c1-15-4-2-3-5-24(15)20(26)14-28-21(27)13-23-19(25)12-22-9-16-6-17(10-22)8-18(7-16)11-22/h15-18H,2-14H2,1H3,(H,23,25)/t15-,16?,17?,18?,22?/m0/s1. The van der Waals surface area contributed by atoms with Gasteiger partial charge in [-0.2, -0.15) is 0 Å². The van der Waals surface area contributed by atoms with Crippen LogP contribution in [0, 0.1) is 23.2 Å². The van der Waals surface area contributed by atoms with Gasteiger partial charge in [-0.05, 0) is 87.9 Å². The van der Waals surface area contributed by atoms with E-state index in [4.69, 9.17) is 4.74 Å². The van der Waals surface area contributed by atoms with Crippen molar-refractivity contribution in [2.24, 2.45) is 23.2 Å². The summed E-state index contributed by atoms with van der Waals surface area (Å²) in [4.78, 5) is 38.5. The minimum absolute atomic E-state index is 0.0464. The van der Waals surface area contributed by atoms with Crippen LogP contribution < -0.4 is 5.32 Å². The molecule has 0 aromatic carbocycles. The molecule has 5 aliphatic rings. The van der Waals surface area contributed by atoms with E-state index in [1.54, 1.807) is 4.90 Å². The van der Waals surface area contributed by atoms with Crippen molar-refractivity contribution >= 4 is 17.8 Å². The largest absolute Gasteiger partial charge is 0.454 e. The van der Waals surface area contributed by atoms with E-state index in [9.17, 15) is 14.4 Å². The number of hydrogen-bond acceptors (Lipinski definition) is 4. The van der Waals surface area contributed by atoms with Crippen LogP contribution in [0.3, 0.4) is 0 Å². The van der Waals surface area contributed by atoms with Crippen molar-refractivity contribution in [1.82, 2.24) is 10.2 Å².